The molecule has 0 saturated heterocycles. The molecule has 30 heavy (non-hydrogen) atoms. The van der Waals surface area contributed by atoms with Gasteiger partial charge in [-0.2, -0.15) is 0 Å². The fourth-order valence-electron chi connectivity index (χ4n) is 3.01. The van der Waals surface area contributed by atoms with Crippen molar-refractivity contribution in [2.24, 2.45) is 0 Å². The highest BCUT2D eigenvalue weighted by Gasteiger charge is 2.07. The Labute approximate surface area is 194 Å². The highest BCUT2D eigenvalue weighted by molar-refractivity contribution is 9.10. The van der Waals surface area contributed by atoms with Gasteiger partial charge in [0.05, 0.1) is 13.0 Å². The zero-order valence-corrected chi connectivity index (χ0v) is 19.8. The number of carbonyl (C=O) groups excluding carboxylic acids is 1. The summed E-state index contributed by atoms with van der Waals surface area (Å²) in [4.78, 5) is 11.7. The van der Waals surface area contributed by atoms with E-state index < -0.39 is 0 Å². The van der Waals surface area contributed by atoms with Crippen LogP contribution in [0.15, 0.2) is 87.8 Å². The van der Waals surface area contributed by atoms with E-state index >= 15 is 0 Å². The zero-order chi connectivity index (χ0) is 21.3. The van der Waals surface area contributed by atoms with E-state index in [9.17, 15) is 4.79 Å². The van der Waals surface area contributed by atoms with Crippen molar-refractivity contribution in [3.05, 3.63) is 105 Å². The summed E-state index contributed by atoms with van der Waals surface area (Å²) >= 11 is 6.99. The Balaban J connectivity index is 1.77. The van der Waals surface area contributed by atoms with Crippen molar-refractivity contribution in [2.45, 2.75) is 13.3 Å². The van der Waals surface area contributed by atoms with Crippen LogP contribution in [0.1, 0.15) is 23.6 Å². The van der Waals surface area contributed by atoms with E-state index in [1.165, 1.54) is 0 Å². The molecular formula is C25H22Br2O3. The third kappa shape index (κ3) is 6.57. The first-order chi connectivity index (χ1) is 14.5. The maximum Gasteiger partial charge on any atom is 0.310 e. The second kappa shape index (κ2) is 11.1. The average molecular weight is 530 g/mol. The molecule has 154 valence electrons. The topological polar surface area (TPSA) is 35.5 Å². The molecule has 0 bridgehead atoms. The lowest BCUT2D eigenvalue weighted by Gasteiger charge is -2.11. The van der Waals surface area contributed by atoms with E-state index in [-0.39, 0.29) is 12.4 Å². The quantitative estimate of drug-likeness (QED) is 0.300. The Hall–Kier alpha value is -2.37. The molecule has 0 fully saturated rings. The molecule has 0 N–H and O–H groups in total. The Morgan fingerprint density at radius 2 is 1.50 bits per heavy atom. The Kier molecular flexibility index (Phi) is 8.29. The largest absolute Gasteiger partial charge is 0.490 e. The van der Waals surface area contributed by atoms with Crippen molar-refractivity contribution < 1.29 is 14.3 Å². The molecule has 0 aromatic heterocycles. The predicted octanol–water partition coefficient (Wildman–Crippen LogP) is 6.83. The second-order valence-electron chi connectivity index (χ2n) is 6.57. The Morgan fingerprint density at radius 1 is 0.900 bits per heavy atom. The van der Waals surface area contributed by atoms with Gasteiger partial charge in [0.25, 0.3) is 0 Å². The average Bonchev–Trinajstić information content (AvgIpc) is 2.73. The molecule has 5 heteroatoms. The number of carbonyl (C=O) groups is 1. The standard InChI is InChI=1S/C25H22Br2O3/c1-2-29-25(28)17-18-4-3-5-23(16-18)30-15-14-24(19-6-10-21(26)11-7-19)20-8-12-22(27)13-9-20/h3-14,16H,2,15,17H2,1H3. The van der Waals surface area contributed by atoms with Gasteiger partial charge in [0.1, 0.15) is 12.4 Å². The van der Waals surface area contributed by atoms with Gasteiger partial charge in [0.2, 0.25) is 0 Å². The molecule has 3 aromatic rings. The van der Waals surface area contributed by atoms with Crippen LogP contribution < -0.4 is 4.74 Å². The number of hydrogen-bond donors (Lipinski definition) is 0. The van der Waals surface area contributed by atoms with Crippen LogP contribution in [-0.2, 0) is 16.0 Å². The number of hydrogen-bond acceptors (Lipinski definition) is 3. The van der Waals surface area contributed by atoms with Crippen LogP contribution in [0.4, 0.5) is 0 Å². The summed E-state index contributed by atoms with van der Waals surface area (Å²) in [5, 5.41) is 0. The lowest BCUT2D eigenvalue weighted by Crippen LogP contribution is -2.07. The van der Waals surface area contributed by atoms with Gasteiger partial charge >= 0.3 is 5.97 Å². The summed E-state index contributed by atoms with van der Waals surface area (Å²) in [6, 6.07) is 24.0. The van der Waals surface area contributed by atoms with E-state index in [0.717, 1.165) is 37.0 Å². The minimum Gasteiger partial charge on any atom is -0.490 e. The highest BCUT2D eigenvalue weighted by atomic mass is 79.9. The summed E-state index contributed by atoms with van der Waals surface area (Å²) in [6.45, 7) is 2.59. The fraction of sp³-hybridized carbons (Fsp3) is 0.160. The predicted molar refractivity (Wildman–Crippen MR) is 128 cm³/mol. The van der Waals surface area contributed by atoms with Crippen LogP contribution in [-0.4, -0.2) is 19.2 Å². The summed E-state index contributed by atoms with van der Waals surface area (Å²) in [6.07, 6.45) is 2.31. The number of esters is 1. The molecule has 0 aliphatic rings. The normalized spacial score (nSPS) is 10.4. The van der Waals surface area contributed by atoms with E-state index in [0.29, 0.717) is 13.2 Å². The van der Waals surface area contributed by atoms with E-state index in [1.54, 1.807) is 6.92 Å². The van der Waals surface area contributed by atoms with E-state index in [2.05, 4.69) is 62.2 Å². The minimum atomic E-state index is -0.234. The molecule has 3 rings (SSSR count). The first-order valence-electron chi connectivity index (χ1n) is 9.64. The molecule has 0 amide bonds. The SMILES string of the molecule is CCOC(=O)Cc1cccc(OCC=C(c2ccc(Br)cc2)c2ccc(Br)cc2)c1. The minimum absolute atomic E-state index is 0.234. The van der Waals surface area contributed by atoms with Crippen molar-refractivity contribution >= 4 is 43.4 Å². The highest BCUT2D eigenvalue weighted by Crippen LogP contribution is 2.26. The number of rotatable bonds is 8. The molecule has 0 atom stereocenters. The van der Waals surface area contributed by atoms with Crippen LogP contribution >= 0.6 is 31.9 Å². The molecule has 0 spiro atoms. The van der Waals surface area contributed by atoms with Gasteiger partial charge in [-0.25, -0.2) is 0 Å². The molecule has 3 nitrogen and oxygen atoms in total. The fourth-order valence-corrected chi connectivity index (χ4v) is 3.54. The molecule has 3 aromatic carbocycles. The van der Waals surface area contributed by atoms with Crippen molar-refractivity contribution in [3.8, 4) is 5.75 Å². The van der Waals surface area contributed by atoms with Gasteiger partial charge in [-0.15, -0.1) is 0 Å². The first kappa shape index (κ1) is 22.3. The van der Waals surface area contributed by atoms with Crippen LogP contribution in [0.3, 0.4) is 0 Å². The lowest BCUT2D eigenvalue weighted by atomic mass is 9.98. The Bertz CT molecular complexity index is 962. The maximum absolute atomic E-state index is 11.7. The van der Waals surface area contributed by atoms with E-state index in [1.807, 2.05) is 48.5 Å². The summed E-state index contributed by atoms with van der Waals surface area (Å²) in [5.74, 6) is 0.487. The Morgan fingerprint density at radius 3 is 2.07 bits per heavy atom. The summed E-state index contributed by atoms with van der Waals surface area (Å²) in [5.41, 5.74) is 4.19. The zero-order valence-electron chi connectivity index (χ0n) is 16.6. The maximum atomic E-state index is 11.7. The second-order valence-corrected chi connectivity index (χ2v) is 8.40. The van der Waals surface area contributed by atoms with Gasteiger partial charge < -0.3 is 9.47 Å². The molecule has 0 aliphatic heterocycles. The molecule has 0 aliphatic carbocycles. The van der Waals surface area contributed by atoms with E-state index in [4.69, 9.17) is 9.47 Å². The third-order valence-corrected chi connectivity index (χ3v) is 5.46. The smallest absolute Gasteiger partial charge is 0.310 e. The number of benzene rings is 3. The molecular weight excluding hydrogens is 508 g/mol. The van der Waals surface area contributed by atoms with Crippen LogP contribution in [0, 0.1) is 0 Å². The van der Waals surface area contributed by atoms with Gasteiger partial charge in [-0.1, -0.05) is 68.3 Å². The van der Waals surface area contributed by atoms with Gasteiger partial charge in [-0.05, 0) is 71.7 Å². The summed E-state index contributed by atoms with van der Waals surface area (Å²) in [7, 11) is 0. The lowest BCUT2D eigenvalue weighted by molar-refractivity contribution is -0.142. The molecule has 0 heterocycles. The monoisotopic (exact) mass is 528 g/mol. The number of ether oxygens (including phenoxy) is 2. The van der Waals surface area contributed by atoms with Crippen LogP contribution in [0.5, 0.6) is 5.75 Å². The van der Waals surface area contributed by atoms with Crippen molar-refractivity contribution in [1.82, 2.24) is 0 Å². The summed E-state index contributed by atoms with van der Waals surface area (Å²) < 4.78 is 13.1. The molecule has 0 saturated carbocycles. The van der Waals surface area contributed by atoms with Crippen LogP contribution in [0.25, 0.3) is 5.57 Å². The van der Waals surface area contributed by atoms with Crippen LogP contribution in [0.2, 0.25) is 0 Å². The van der Waals surface area contributed by atoms with Gasteiger partial charge in [0, 0.05) is 8.95 Å². The number of halogens is 2. The molecule has 0 unspecified atom stereocenters. The van der Waals surface area contributed by atoms with Gasteiger partial charge in [0.15, 0.2) is 0 Å². The van der Waals surface area contributed by atoms with Crippen molar-refractivity contribution in [1.29, 1.82) is 0 Å². The van der Waals surface area contributed by atoms with Crippen molar-refractivity contribution in [2.75, 3.05) is 13.2 Å². The molecule has 0 radical (unpaired) electrons. The third-order valence-electron chi connectivity index (χ3n) is 4.40. The first-order valence-corrected chi connectivity index (χ1v) is 11.2. The van der Waals surface area contributed by atoms with Crippen molar-refractivity contribution in [3.63, 3.8) is 0 Å². The van der Waals surface area contributed by atoms with Gasteiger partial charge in [-0.3, -0.25) is 4.79 Å².